The molecule has 0 fully saturated rings. The van der Waals surface area contributed by atoms with Gasteiger partial charge in [-0.15, -0.1) is 23.1 Å². The van der Waals surface area contributed by atoms with E-state index in [1.54, 1.807) is 60.8 Å². The van der Waals surface area contributed by atoms with Crippen molar-refractivity contribution in [3.63, 3.8) is 0 Å². The fourth-order valence-electron chi connectivity index (χ4n) is 3.39. The van der Waals surface area contributed by atoms with E-state index in [1.165, 1.54) is 47.4 Å². The van der Waals surface area contributed by atoms with Gasteiger partial charge in [0.25, 0.3) is 11.6 Å². The number of nitrogens with one attached hydrogen (secondary N) is 2. The molecule has 0 spiro atoms. The molecule has 0 aliphatic carbocycles. The van der Waals surface area contributed by atoms with Crippen LogP contribution in [0.1, 0.15) is 27.6 Å². The number of aromatic nitrogens is 1. The number of carboxylic acid groups (broad SMARTS) is 1. The lowest BCUT2D eigenvalue weighted by Crippen LogP contribution is -2.22. The lowest BCUT2D eigenvalue weighted by Gasteiger charge is -2.12. The molecule has 0 aliphatic heterocycles. The van der Waals surface area contributed by atoms with E-state index in [4.69, 9.17) is 0 Å². The molecule has 1 atom stereocenters. The third kappa shape index (κ3) is 6.41. The van der Waals surface area contributed by atoms with E-state index in [0.29, 0.717) is 22.1 Å². The Labute approximate surface area is 224 Å². The van der Waals surface area contributed by atoms with Gasteiger partial charge in [-0.05, 0) is 43.3 Å². The van der Waals surface area contributed by atoms with Crippen molar-refractivity contribution in [3.8, 4) is 11.3 Å². The largest absolute Gasteiger partial charge is 0.478 e. The summed E-state index contributed by atoms with van der Waals surface area (Å²) >= 11 is 2.53. The van der Waals surface area contributed by atoms with Crippen LogP contribution in [-0.4, -0.2) is 38.0 Å². The normalized spacial score (nSPS) is 11.4. The summed E-state index contributed by atoms with van der Waals surface area (Å²) in [5, 5.41) is 27.4. The molecule has 0 bridgehead atoms. The topological polar surface area (TPSA) is 152 Å². The van der Waals surface area contributed by atoms with Crippen LogP contribution >= 0.6 is 23.1 Å². The highest BCUT2D eigenvalue weighted by Gasteiger charge is 2.18. The summed E-state index contributed by atoms with van der Waals surface area (Å²) in [5.41, 5.74) is 1.51. The standard InChI is InChI=1S/C26H20N4O6S2/c1-15(23(31)29-26-28-22(14-37-26)16-5-4-6-18(13-16)30(35)36)38-19-11-9-17(10-12-19)27-24(32)20-7-2-3-8-21(20)25(33)34/h2-15H,1H3,(H,27,32)(H,33,34)(H,28,29,31). The summed E-state index contributed by atoms with van der Waals surface area (Å²) in [6.07, 6.45) is 0. The smallest absolute Gasteiger partial charge is 0.336 e. The van der Waals surface area contributed by atoms with E-state index < -0.39 is 22.0 Å². The maximum atomic E-state index is 12.7. The number of nitrogens with zero attached hydrogens (tertiary/aromatic N) is 2. The number of nitro groups is 1. The van der Waals surface area contributed by atoms with Crippen LogP contribution < -0.4 is 10.6 Å². The Bertz CT molecular complexity index is 1520. The first-order valence-corrected chi connectivity index (χ1v) is 12.9. The molecule has 3 N–H and O–H groups in total. The number of non-ortho nitro benzene ring substituents is 1. The Morgan fingerprint density at radius 1 is 1.00 bits per heavy atom. The number of thioether (sulfide) groups is 1. The predicted molar refractivity (Wildman–Crippen MR) is 146 cm³/mol. The summed E-state index contributed by atoms with van der Waals surface area (Å²) in [6.45, 7) is 1.74. The molecule has 0 aliphatic rings. The number of nitro benzene ring substituents is 1. The Balaban J connectivity index is 1.34. The SMILES string of the molecule is CC(Sc1ccc(NC(=O)c2ccccc2C(=O)O)cc1)C(=O)Nc1nc(-c2cccc([N+](=O)[O-])c2)cs1. The Hall–Kier alpha value is -4.55. The van der Waals surface area contributed by atoms with Crippen LogP contribution in [0.4, 0.5) is 16.5 Å². The van der Waals surface area contributed by atoms with Gasteiger partial charge in [0.2, 0.25) is 5.91 Å². The average Bonchev–Trinajstić information content (AvgIpc) is 3.38. The number of carbonyl (C=O) groups excluding carboxylic acids is 2. The van der Waals surface area contributed by atoms with Gasteiger partial charge in [-0.1, -0.05) is 24.3 Å². The number of anilines is 2. The first-order valence-electron chi connectivity index (χ1n) is 11.1. The molecule has 10 nitrogen and oxygen atoms in total. The first kappa shape index (κ1) is 26.5. The number of aromatic carboxylic acids is 1. The van der Waals surface area contributed by atoms with Gasteiger partial charge in [-0.3, -0.25) is 19.7 Å². The third-order valence-corrected chi connectivity index (χ3v) is 7.15. The van der Waals surface area contributed by atoms with Crippen molar-refractivity contribution >= 4 is 57.4 Å². The molecular formula is C26H20N4O6S2. The quantitative estimate of drug-likeness (QED) is 0.135. The van der Waals surface area contributed by atoms with Crippen LogP contribution in [0.3, 0.4) is 0 Å². The molecule has 4 rings (SSSR count). The number of hydrogen-bond acceptors (Lipinski definition) is 8. The van der Waals surface area contributed by atoms with Crippen LogP contribution in [0.25, 0.3) is 11.3 Å². The first-order chi connectivity index (χ1) is 18.2. The van der Waals surface area contributed by atoms with Crippen LogP contribution in [0.5, 0.6) is 0 Å². The van der Waals surface area contributed by atoms with E-state index in [1.807, 2.05) is 0 Å². The molecule has 192 valence electrons. The summed E-state index contributed by atoms with van der Waals surface area (Å²) in [5.74, 6) is -1.99. The molecule has 3 aromatic carbocycles. The molecule has 12 heteroatoms. The number of carbonyl (C=O) groups is 3. The Kier molecular flexibility index (Phi) is 8.14. The predicted octanol–water partition coefficient (Wildman–Crippen LogP) is 5.79. The van der Waals surface area contributed by atoms with E-state index >= 15 is 0 Å². The van der Waals surface area contributed by atoms with E-state index in [2.05, 4.69) is 15.6 Å². The molecule has 0 saturated heterocycles. The van der Waals surface area contributed by atoms with Crippen molar-refractivity contribution in [2.75, 3.05) is 10.6 Å². The number of amides is 2. The monoisotopic (exact) mass is 548 g/mol. The maximum absolute atomic E-state index is 12.7. The highest BCUT2D eigenvalue weighted by atomic mass is 32.2. The van der Waals surface area contributed by atoms with Gasteiger partial charge in [0, 0.05) is 33.7 Å². The number of benzene rings is 3. The summed E-state index contributed by atoms with van der Waals surface area (Å²) in [4.78, 5) is 52.3. The highest BCUT2D eigenvalue weighted by molar-refractivity contribution is 8.00. The molecule has 2 amide bonds. The number of hydrogen-bond donors (Lipinski definition) is 3. The molecule has 1 aromatic heterocycles. The second-order valence-corrected chi connectivity index (χ2v) is 10.2. The maximum Gasteiger partial charge on any atom is 0.336 e. The molecule has 0 saturated carbocycles. The van der Waals surface area contributed by atoms with Gasteiger partial charge < -0.3 is 15.7 Å². The van der Waals surface area contributed by atoms with E-state index in [-0.39, 0.29) is 22.7 Å². The molecule has 1 heterocycles. The minimum atomic E-state index is -1.19. The lowest BCUT2D eigenvalue weighted by atomic mass is 10.1. The molecule has 4 aromatic rings. The van der Waals surface area contributed by atoms with Gasteiger partial charge in [-0.25, -0.2) is 9.78 Å². The zero-order chi connectivity index (χ0) is 27.2. The van der Waals surface area contributed by atoms with Crippen molar-refractivity contribution in [1.29, 1.82) is 0 Å². The fourth-order valence-corrected chi connectivity index (χ4v) is 4.98. The second-order valence-electron chi connectivity index (χ2n) is 7.92. The minimum absolute atomic E-state index is 0.0400. The molecular weight excluding hydrogens is 528 g/mol. The van der Waals surface area contributed by atoms with Crippen molar-refractivity contribution in [2.24, 2.45) is 0 Å². The van der Waals surface area contributed by atoms with Crippen LogP contribution in [0.15, 0.2) is 83.1 Å². The Morgan fingerprint density at radius 2 is 1.71 bits per heavy atom. The van der Waals surface area contributed by atoms with Crippen LogP contribution in [0.2, 0.25) is 0 Å². The fraction of sp³-hybridized carbons (Fsp3) is 0.0769. The second kappa shape index (κ2) is 11.7. The van der Waals surface area contributed by atoms with Crippen LogP contribution in [-0.2, 0) is 4.79 Å². The lowest BCUT2D eigenvalue weighted by molar-refractivity contribution is -0.384. The molecule has 0 radical (unpaired) electrons. The summed E-state index contributed by atoms with van der Waals surface area (Å²) in [6, 6.07) is 18.9. The zero-order valence-corrected chi connectivity index (χ0v) is 21.4. The molecule has 1 unspecified atom stereocenters. The van der Waals surface area contributed by atoms with E-state index in [0.717, 1.165) is 4.90 Å². The van der Waals surface area contributed by atoms with Gasteiger partial charge >= 0.3 is 5.97 Å². The number of carboxylic acids is 1. The van der Waals surface area contributed by atoms with Gasteiger partial charge in [0.05, 0.1) is 27.0 Å². The van der Waals surface area contributed by atoms with Gasteiger partial charge in [-0.2, -0.15) is 0 Å². The third-order valence-electron chi connectivity index (χ3n) is 5.28. The number of thiazole rings is 1. The summed E-state index contributed by atoms with van der Waals surface area (Å²) in [7, 11) is 0. The summed E-state index contributed by atoms with van der Waals surface area (Å²) < 4.78 is 0. The van der Waals surface area contributed by atoms with Gasteiger partial charge in [0.15, 0.2) is 5.13 Å². The van der Waals surface area contributed by atoms with Crippen LogP contribution in [0, 0.1) is 10.1 Å². The van der Waals surface area contributed by atoms with Crippen molar-refractivity contribution in [3.05, 3.63) is 99.4 Å². The zero-order valence-electron chi connectivity index (χ0n) is 19.8. The molecule has 38 heavy (non-hydrogen) atoms. The average molecular weight is 549 g/mol. The highest BCUT2D eigenvalue weighted by Crippen LogP contribution is 2.29. The number of rotatable bonds is 9. The van der Waals surface area contributed by atoms with Crippen molar-refractivity contribution in [2.45, 2.75) is 17.1 Å². The van der Waals surface area contributed by atoms with Crippen molar-refractivity contribution < 1.29 is 24.4 Å². The minimum Gasteiger partial charge on any atom is -0.478 e. The Morgan fingerprint density at radius 3 is 2.39 bits per heavy atom. The van der Waals surface area contributed by atoms with Crippen molar-refractivity contribution in [1.82, 2.24) is 4.98 Å². The van der Waals surface area contributed by atoms with E-state index in [9.17, 15) is 29.6 Å². The van der Waals surface area contributed by atoms with Gasteiger partial charge in [0.1, 0.15) is 0 Å².